The van der Waals surface area contributed by atoms with Gasteiger partial charge in [0.1, 0.15) is 0 Å². The normalized spacial score (nSPS) is 11.9. The Morgan fingerprint density at radius 2 is 1.78 bits per heavy atom. The first-order valence-electron chi connectivity index (χ1n) is 6.99. The number of ether oxygens (including phenoxy) is 1. The number of halogens is 1. The van der Waals surface area contributed by atoms with Gasteiger partial charge in [-0.1, -0.05) is 34.1 Å². The molecule has 6 heteroatoms. The van der Waals surface area contributed by atoms with Gasteiger partial charge in [-0.05, 0) is 43.3 Å². The number of hydrogen-bond acceptors (Lipinski definition) is 5. The summed E-state index contributed by atoms with van der Waals surface area (Å²) in [4.78, 5) is 12.1. The number of nitrogens with zero attached hydrogens (tertiary/aromatic N) is 2. The highest BCUT2D eigenvalue weighted by atomic mass is 79.9. The molecule has 0 bridgehead atoms. The van der Waals surface area contributed by atoms with Crippen molar-refractivity contribution in [1.29, 1.82) is 0 Å². The monoisotopic (exact) mass is 372 g/mol. The topological polar surface area (TPSA) is 65.2 Å². The zero-order valence-corrected chi connectivity index (χ0v) is 13.9. The number of rotatable bonds is 4. The first-order chi connectivity index (χ1) is 11.1. The SMILES string of the molecule is CC(OC(=O)c1ccc(Br)cc1)c1nnc(-c2ccccc2)o1. The molecule has 0 aliphatic carbocycles. The van der Waals surface area contributed by atoms with Crippen molar-refractivity contribution in [3.63, 3.8) is 0 Å². The molecule has 0 saturated heterocycles. The molecule has 3 aromatic rings. The van der Waals surface area contributed by atoms with Crippen LogP contribution in [0.25, 0.3) is 11.5 Å². The third kappa shape index (κ3) is 3.65. The molecule has 2 aromatic carbocycles. The Kier molecular flexibility index (Phi) is 4.52. The van der Waals surface area contributed by atoms with Crippen molar-refractivity contribution in [3.05, 3.63) is 70.5 Å². The van der Waals surface area contributed by atoms with Gasteiger partial charge in [0, 0.05) is 10.0 Å². The molecule has 0 saturated carbocycles. The zero-order chi connectivity index (χ0) is 16.2. The van der Waals surface area contributed by atoms with Gasteiger partial charge in [0.2, 0.25) is 5.89 Å². The molecular weight excluding hydrogens is 360 g/mol. The van der Waals surface area contributed by atoms with Crippen molar-refractivity contribution in [2.45, 2.75) is 13.0 Å². The molecule has 0 N–H and O–H groups in total. The van der Waals surface area contributed by atoms with Crippen molar-refractivity contribution >= 4 is 21.9 Å². The van der Waals surface area contributed by atoms with E-state index in [-0.39, 0.29) is 5.89 Å². The lowest BCUT2D eigenvalue weighted by atomic mass is 10.2. The van der Waals surface area contributed by atoms with Gasteiger partial charge in [0.05, 0.1) is 5.56 Å². The molecule has 1 heterocycles. The van der Waals surface area contributed by atoms with Crippen LogP contribution in [0.2, 0.25) is 0 Å². The van der Waals surface area contributed by atoms with Crippen LogP contribution in [-0.4, -0.2) is 16.2 Å². The van der Waals surface area contributed by atoms with Gasteiger partial charge in [-0.15, -0.1) is 10.2 Å². The molecule has 0 aliphatic rings. The van der Waals surface area contributed by atoms with E-state index in [1.54, 1.807) is 31.2 Å². The average Bonchev–Trinajstić information content (AvgIpc) is 3.06. The molecule has 3 rings (SSSR count). The molecule has 1 atom stereocenters. The maximum Gasteiger partial charge on any atom is 0.338 e. The smallest absolute Gasteiger partial charge is 0.338 e. The van der Waals surface area contributed by atoms with E-state index in [0.717, 1.165) is 10.0 Å². The number of benzene rings is 2. The van der Waals surface area contributed by atoms with Gasteiger partial charge < -0.3 is 9.15 Å². The van der Waals surface area contributed by atoms with Gasteiger partial charge in [0.15, 0.2) is 6.10 Å². The van der Waals surface area contributed by atoms with E-state index in [0.29, 0.717) is 11.5 Å². The zero-order valence-electron chi connectivity index (χ0n) is 12.3. The van der Waals surface area contributed by atoms with Crippen molar-refractivity contribution in [1.82, 2.24) is 10.2 Å². The minimum Gasteiger partial charge on any atom is -0.449 e. The second-order valence-electron chi connectivity index (χ2n) is 4.87. The number of aromatic nitrogens is 2. The van der Waals surface area contributed by atoms with Crippen LogP contribution in [0.1, 0.15) is 29.3 Å². The third-order valence-electron chi connectivity index (χ3n) is 3.17. The highest BCUT2D eigenvalue weighted by Crippen LogP contribution is 2.23. The Labute approximate surface area is 141 Å². The number of carbonyl (C=O) groups excluding carboxylic acids is 1. The van der Waals surface area contributed by atoms with Crippen LogP contribution in [0.5, 0.6) is 0 Å². The highest BCUT2D eigenvalue weighted by Gasteiger charge is 2.19. The standard InChI is InChI=1S/C17H13BrN2O3/c1-11(22-17(21)13-7-9-14(18)10-8-13)15-19-20-16(23-15)12-5-3-2-4-6-12/h2-11H,1H3. The third-order valence-corrected chi connectivity index (χ3v) is 3.70. The van der Waals surface area contributed by atoms with Crippen molar-refractivity contribution in [2.75, 3.05) is 0 Å². The molecule has 23 heavy (non-hydrogen) atoms. The number of carbonyl (C=O) groups is 1. The summed E-state index contributed by atoms with van der Waals surface area (Å²) in [6.45, 7) is 1.69. The Hall–Kier alpha value is -2.47. The number of esters is 1. The van der Waals surface area contributed by atoms with E-state index in [9.17, 15) is 4.79 Å². The molecular formula is C17H13BrN2O3. The predicted octanol–water partition coefficient (Wildman–Crippen LogP) is 4.42. The van der Waals surface area contributed by atoms with E-state index < -0.39 is 12.1 Å². The summed E-state index contributed by atoms with van der Waals surface area (Å²) < 4.78 is 11.8. The van der Waals surface area contributed by atoms with Gasteiger partial charge >= 0.3 is 5.97 Å². The molecule has 5 nitrogen and oxygen atoms in total. The van der Waals surface area contributed by atoms with E-state index >= 15 is 0 Å². The van der Waals surface area contributed by atoms with Gasteiger partial charge in [-0.2, -0.15) is 0 Å². The average molecular weight is 373 g/mol. The molecule has 1 aromatic heterocycles. The van der Waals surface area contributed by atoms with Crippen LogP contribution in [0.15, 0.2) is 63.5 Å². The summed E-state index contributed by atoms with van der Waals surface area (Å²) in [5, 5.41) is 7.94. The van der Waals surface area contributed by atoms with Crippen molar-refractivity contribution < 1.29 is 13.9 Å². The van der Waals surface area contributed by atoms with Crippen LogP contribution < -0.4 is 0 Å². The molecule has 1 unspecified atom stereocenters. The summed E-state index contributed by atoms with van der Waals surface area (Å²) in [5.74, 6) is 0.214. The fourth-order valence-corrected chi connectivity index (χ4v) is 2.23. The largest absolute Gasteiger partial charge is 0.449 e. The molecule has 0 spiro atoms. The first kappa shape index (κ1) is 15.4. The molecule has 0 amide bonds. The summed E-state index contributed by atoms with van der Waals surface area (Å²) >= 11 is 3.32. The van der Waals surface area contributed by atoms with E-state index in [4.69, 9.17) is 9.15 Å². The van der Waals surface area contributed by atoms with E-state index in [1.165, 1.54) is 0 Å². The Bertz CT molecular complexity index is 800. The molecule has 116 valence electrons. The Morgan fingerprint density at radius 3 is 2.48 bits per heavy atom. The summed E-state index contributed by atoms with van der Waals surface area (Å²) in [6, 6.07) is 16.3. The summed E-state index contributed by atoms with van der Waals surface area (Å²) in [6.07, 6.45) is -0.629. The van der Waals surface area contributed by atoms with Gasteiger partial charge in [-0.3, -0.25) is 0 Å². The minimum atomic E-state index is -0.629. The molecule has 0 fully saturated rings. The quantitative estimate of drug-likeness (QED) is 0.634. The van der Waals surface area contributed by atoms with E-state index in [1.807, 2.05) is 30.3 Å². The summed E-state index contributed by atoms with van der Waals surface area (Å²) in [7, 11) is 0. The van der Waals surface area contributed by atoms with Crippen molar-refractivity contribution in [2.24, 2.45) is 0 Å². The Morgan fingerprint density at radius 1 is 1.09 bits per heavy atom. The lowest BCUT2D eigenvalue weighted by molar-refractivity contribution is 0.0280. The first-order valence-corrected chi connectivity index (χ1v) is 7.78. The molecule has 0 aliphatic heterocycles. The summed E-state index contributed by atoms with van der Waals surface area (Å²) in [5.41, 5.74) is 1.28. The van der Waals surface area contributed by atoms with E-state index in [2.05, 4.69) is 26.1 Å². The fraction of sp³-hybridized carbons (Fsp3) is 0.118. The second-order valence-corrected chi connectivity index (χ2v) is 5.78. The van der Waals surface area contributed by atoms with Crippen LogP contribution >= 0.6 is 15.9 Å². The fourth-order valence-electron chi connectivity index (χ4n) is 1.96. The maximum atomic E-state index is 12.1. The van der Waals surface area contributed by atoms with Gasteiger partial charge in [0.25, 0.3) is 5.89 Å². The lowest BCUT2D eigenvalue weighted by Crippen LogP contribution is -2.09. The minimum absolute atomic E-state index is 0.259. The van der Waals surface area contributed by atoms with Crippen LogP contribution in [0, 0.1) is 0 Å². The van der Waals surface area contributed by atoms with Crippen LogP contribution in [0.3, 0.4) is 0 Å². The molecule has 0 radical (unpaired) electrons. The second kappa shape index (κ2) is 6.75. The van der Waals surface area contributed by atoms with Crippen LogP contribution in [-0.2, 0) is 4.74 Å². The van der Waals surface area contributed by atoms with Crippen LogP contribution in [0.4, 0.5) is 0 Å². The predicted molar refractivity (Wildman–Crippen MR) is 87.7 cm³/mol. The lowest BCUT2D eigenvalue weighted by Gasteiger charge is -2.09. The van der Waals surface area contributed by atoms with Crippen molar-refractivity contribution in [3.8, 4) is 11.5 Å². The van der Waals surface area contributed by atoms with Gasteiger partial charge in [-0.25, -0.2) is 4.79 Å². The highest BCUT2D eigenvalue weighted by molar-refractivity contribution is 9.10. The Balaban J connectivity index is 1.71. The number of hydrogen-bond donors (Lipinski definition) is 0. The maximum absolute atomic E-state index is 12.1.